The SMILES string of the molecule is CCOC(=O)c1cnc(NC2CCN(S(=O)(=O)c3ccc(-c4ccccc4)cc3)CC2)nc1. The van der Waals surface area contributed by atoms with Crippen LogP contribution in [0.3, 0.4) is 0 Å². The number of esters is 1. The third-order valence-corrected chi connectivity index (χ3v) is 7.46. The summed E-state index contributed by atoms with van der Waals surface area (Å²) in [6.07, 6.45) is 4.10. The molecular weight excluding hydrogens is 440 g/mol. The van der Waals surface area contributed by atoms with Gasteiger partial charge in [-0.15, -0.1) is 0 Å². The van der Waals surface area contributed by atoms with Crippen LogP contribution in [0, 0.1) is 0 Å². The molecule has 0 bridgehead atoms. The number of hydrogen-bond acceptors (Lipinski definition) is 7. The van der Waals surface area contributed by atoms with E-state index in [1.807, 2.05) is 42.5 Å². The van der Waals surface area contributed by atoms with Crippen molar-refractivity contribution in [1.29, 1.82) is 0 Å². The summed E-state index contributed by atoms with van der Waals surface area (Å²) < 4.78 is 32.6. The van der Waals surface area contributed by atoms with Crippen molar-refractivity contribution in [3.63, 3.8) is 0 Å². The van der Waals surface area contributed by atoms with Crippen molar-refractivity contribution in [2.45, 2.75) is 30.7 Å². The van der Waals surface area contributed by atoms with Crippen molar-refractivity contribution in [1.82, 2.24) is 14.3 Å². The van der Waals surface area contributed by atoms with Crippen LogP contribution in [-0.4, -0.2) is 54.4 Å². The molecule has 1 aliphatic rings. The standard InChI is InChI=1S/C24H26N4O4S/c1-2-32-23(29)20-16-25-24(26-17-20)27-21-12-14-28(15-13-21)33(30,31)22-10-8-19(9-11-22)18-6-4-3-5-7-18/h3-11,16-17,21H,2,12-15H2,1H3,(H,25,26,27). The highest BCUT2D eigenvalue weighted by molar-refractivity contribution is 7.89. The summed E-state index contributed by atoms with van der Waals surface area (Å²) in [4.78, 5) is 20.3. The molecule has 2 aromatic carbocycles. The smallest absolute Gasteiger partial charge is 0.341 e. The molecule has 0 amide bonds. The summed E-state index contributed by atoms with van der Waals surface area (Å²) >= 11 is 0. The van der Waals surface area contributed by atoms with E-state index in [9.17, 15) is 13.2 Å². The number of rotatable bonds is 7. The molecule has 33 heavy (non-hydrogen) atoms. The molecule has 0 aliphatic carbocycles. The third-order valence-electron chi connectivity index (χ3n) is 5.55. The molecule has 9 heteroatoms. The zero-order chi connectivity index (χ0) is 23.3. The molecule has 3 aromatic rings. The molecule has 0 unspecified atom stereocenters. The maximum Gasteiger partial charge on any atom is 0.341 e. The van der Waals surface area contributed by atoms with Crippen LogP contribution in [0.15, 0.2) is 71.9 Å². The lowest BCUT2D eigenvalue weighted by atomic mass is 10.1. The van der Waals surface area contributed by atoms with Gasteiger partial charge < -0.3 is 10.1 Å². The van der Waals surface area contributed by atoms with Gasteiger partial charge in [-0.3, -0.25) is 0 Å². The van der Waals surface area contributed by atoms with Crippen LogP contribution in [0.25, 0.3) is 11.1 Å². The minimum absolute atomic E-state index is 0.0466. The minimum Gasteiger partial charge on any atom is -0.462 e. The predicted octanol–water partition coefficient (Wildman–Crippen LogP) is 3.59. The Balaban J connectivity index is 1.34. The number of ether oxygens (including phenoxy) is 1. The number of hydrogen-bond donors (Lipinski definition) is 1. The zero-order valence-corrected chi connectivity index (χ0v) is 19.2. The van der Waals surface area contributed by atoms with E-state index in [0.717, 1.165) is 11.1 Å². The Morgan fingerprint density at radius 3 is 2.21 bits per heavy atom. The van der Waals surface area contributed by atoms with Crippen LogP contribution in [0.2, 0.25) is 0 Å². The highest BCUT2D eigenvalue weighted by atomic mass is 32.2. The lowest BCUT2D eigenvalue weighted by Gasteiger charge is -2.31. The van der Waals surface area contributed by atoms with E-state index in [1.54, 1.807) is 19.1 Å². The fourth-order valence-electron chi connectivity index (χ4n) is 3.74. The van der Waals surface area contributed by atoms with Crippen molar-refractivity contribution in [3.05, 3.63) is 72.6 Å². The number of nitrogens with one attached hydrogen (secondary N) is 1. The zero-order valence-electron chi connectivity index (χ0n) is 18.3. The van der Waals surface area contributed by atoms with E-state index >= 15 is 0 Å². The second-order valence-corrected chi connectivity index (χ2v) is 9.67. The van der Waals surface area contributed by atoms with Gasteiger partial charge in [-0.2, -0.15) is 4.31 Å². The van der Waals surface area contributed by atoms with E-state index in [2.05, 4.69) is 15.3 Å². The van der Waals surface area contributed by atoms with Crippen LogP contribution in [0.1, 0.15) is 30.1 Å². The van der Waals surface area contributed by atoms with Crippen LogP contribution in [-0.2, 0) is 14.8 Å². The van der Waals surface area contributed by atoms with Gasteiger partial charge in [-0.1, -0.05) is 42.5 Å². The van der Waals surface area contributed by atoms with Gasteiger partial charge in [-0.05, 0) is 43.0 Å². The summed E-state index contributed by atoms with van der Waals surface area (Å²) in [5.74, 6) is -0.0553. The molecule has 4 rings (SSSR count). The monoisotopic (exact) mass is 466 g/mol. The van der Waals surface area contributed by atoms with Gasteiger partial charge in [0.05, 0.1) is 17.1 Å². The summed E-state index contributed by atoms with van der Waals surface area (Å²) in [6, 6.07) is 16.9. The van der Waals surface area contributed by atoms with Crippen LogP contribution < -0.4 is 5.32 Å². The number of carbonyl (C=O) groups excluding carboxylic acids is 1. The lowest BCUT2D eigenvalue weighted by Crippen LogP contribution is -2.42. The molecule has 172 valence electrons. The van der Waals surface area contributed by atoms with Crippen LogP contribution in [0.4, 0.5) is 5.95 Å². The molecule has 0 saturated carbocycles. The van der Waals surface area contributed by atoms with Crippen LogP contribution >= 0.6 is 0 Å². The Morgan fingerprint density at radius 1 is 1.00 bits per heavy atom. The van der Waals surface area contributed by atoms with Gasteiger partial charge in [-0.25, -0.2) is 23.2 Å². The number of anilines is 1. The second-order valence-electron chi connectivity index (χ2n) is 7.73. The normalized spacial score (nSPS) is 15.2. The first-order valence-electron chi connectivity index (χ1n) is 10.9. The Bertz CT molecular complexity index is 1180. The van der Waals surface area contributed by atoms with Crippen molar-refractivity contribution in [2.75, 3.05) is 25.0 Å². The first-order valence-corrected chi connectivity index (χ1v) is 12.3. The maximum absolute atomic E-state index is 13.1. The van der Waals surface area contributed by atoms with Gasteiger partial charge in [0.15, 0.2) is 0 Å². The first-order chi connectivity index (χ1) is 16.0. The highest BCUT2D eigenvalue weighted by Gasteiger charge is 2.29. The van der Waals surface area contributed by atoms with Gasteiger partial charge in [0.1, 0.15) is 0 Å². The van der Waals surface area contributed by atoms with Crippen molar-refractivity contribution in [3.8, 4) is 11.1 Å². The highest BCUT2D eigenvalue weighted by Crippen LogP contribution is 2.25. The number of benzene rings is 2. The van der Waals surface area contributed by atoms with Crippen molar-refractivity contribution in [2.24, 2.45) is 0 Å². The fourth-order valence-corrected chi connectivity index (χ4v) is 5.21. The van der Waals surface area contributed by atoms with Gasteiger partial charge in [0, 0.05) is 31.5 Å². The van der Waals surface area contributed by atoms with E-state index in [-0.39, 0.29) is 12.6 Å². The van der Waals surface area contributed by atoms with E-state index in [1.165, 1.54) is 16.7 Å². The molecule has 8 nitrogen and oxygen atoms in total. The predicted molar refractivity (Wildman–Crippen MR) is 125 cm³/mol. The Hall–Kier alpha value is -3.30. The summed E-state index contributed by atoms with van der Waals surface area (Å²) in [5.41, 5.74) is 2.32. The number of nitrogens with zero attached hydrogens (tertiary/aromatic N) is 3. The molecule has 1 aliphatic heterocycles. The third kappa shape index (κ3) is 5.37. The van der Waals surface area contributed by atoms with Gasteiger partial charge in [0.2, 0.25) is 16.0 Å². The van der Waals surface area contributed by atoms with E-state index < -0.39 is 16.0 Å². The molecule has 1 fully saturated rings. The Morgan fingerprint density at radius 2 is 1.61 bits per heavy atom. The molecule has 2 heterocycles. The number of carbonyl (C=O) groups is 1. The average molecular weight is 467 g/mol. The van der Waals surface area contributed by atoms with E-state index in [4.69, 9.17) is 4.74 Å². The molecule has 0 radical (unpaired) electrons. The topological polar surface area (TPSA) is 101 Å². The summed E-state index contributed by atoms with van der Waals surface area (Å²) in [7, 11) is -3.55. The van der Waals surface area contributed by atoms with E-state index in [0.29, 0.717) is 42.3 Å². The number of aromatic nitrogens is 2. The largest absolute Gasteiger partial charge is 0.462 e. The van der Waals surface area contributed by atoms with Crippen LogP contribution in [0.5, 0.6) is 0 Å². The minimum atomic E-state index is -3.55. The fraction of sp³-hybridized carbons (Fsp3) is 0.292. The molecule has 0 atom stereocenters. The second kappa shape index (κ2) is 10.1. The number of sulfonamides is 1. The summed E-state index contributed by atoms with van der Waals surface area (Å²) in [6.45, 7) is 2.83. The number of piperidine rings is 1. The van der Waals surface area contributed by atoms with Gasteiger partial charge in [0.25, 0.3) is 0 Å². The molecule has 1 N–H and O–H groups in total. The van der Waals surface area contributed by atoms with Gasteiger partial charge >= 0.3 is 5.97 Å². The average Bonchev–Trinajstić information content (AvgIpc) is 2.86. The lowest BCUT2D eigenvalue weighted by molar-refractivity contribution is 0.0525. The van der Waals surface area contributed by atoms with Crippen molar-refractivity contribution < 1.29 is 17.9 Å². The molecule has 0 spiro atoms. The maximum atomic E-state index is 13.1. The molecular formula is C24H26N4O4S. The van der Waals surface area contributed by atoms with Crippen molar-refractivity contribution >= 4 is 21.9 Å². The molecule has 1 saturated heterocycles. The first kappa shape index (κ1) is 22.9. The quantitative estimate of drug-likeness (QED) is 0.531. The summed E-state index contributed by atoms with van der Waals surface area (Å²) in [5, 5.41) is 3.22. The Labute approximate surface area is 193 Å². The Kier molecular flexibility index (Phi) is 7.00. The molecule has 1 aromatic heterocycles.